The molecule has 0 bridgehead atoms. The molecule has 0 heterocycles. The van der Waals surface area contributed by atoms with Crippen molar-refractivity contribution in [1.82, 2.24) is 5.32 Å². The van der Waals surface area contributed by atoms with Crippen LogP contribution in [-0.4, -0.2) is 28.8 Å². The van der Waals surface area contributed by atoms with Crippen molar-refractivity contribution in [3.63, 3.8) is 0 Å². The summed E-state index contributed by atoms with van der Waals surface area (Å²) in [7, 11) is 0. The van der Waals surface area contributed by atoms with Gasteiger partial charge in [0.15, 0.2) is 0 Å². The fourth-order valence-electron chi connectivity index (χ4n) is 2.09. The number of hydrogen-bond acceptors (Lipinski definition) is 3. The van der Waals surface area contributed by atoms with Crippen molar-refractivity contribution in [2.75, 3.05) is 6.61 Å². The topological polar surface area (TPSA) is 55.4 Å². The number of rotatable bonds is 4. The lowest BCUT2D eigenvalue weighted by Crippen LogP contribution is -2.45. The van der Waals surface area contributed by atoms with Crippen LogP contribution in [0.4, 0.5) is 0 Å². The van der Waals surface area contributed by atoms with Gasteiger partial charge in [-0.15, -0.1) is 0 Å². The molecule has 5 heteroatoms. The van der Waals surface area contributed by atoms with E-state index < -0.39 is 4.32 Å². The Labute approximate surface area is 117 Å². The summed E-state index contributed by atoms with van der Waals surface area (Å²) in [4.78, 5) is 23.4. The fraction of sp³-hybridized carbons (Fsp3) is 0.846. The Morgan fingerprint density at radius 1 is 1.28 bits per heavy atom. The second-order valence-electron chi connectivity index (χ2n) is 5.25. The lowest BCUT2D eigenvalue weighted by Gasteiger charge is -2.29. The van der Waals surface area contributed by atoms with Crippen molar-refractivity contribution in [3.8, 4) is 0 Å². The molecule has 4 nitrogen and oxygen atoms in total. The van der Waals surface area contributed by atoms with Gasteiger partial charge in [-0.25, -0.2) is 0 Å². The van der Waals surface area contributed by atoms with Crippen LogP contribution < -0.4 is 5.32 Å². The van der Waals surface area contributed by atoms with Gasteiger partial charge < -0.3 is 10.1 Å². The Balaban J connectivity index is 2.36. The van der Waals surface area contributed by atoms with Crippen LogP contribution in [0, 0.1) is 5.92 Å². The van der Waals surface area contributed by atoms with Gasteiger partial charge in [0.2, 0.25) is 5.91 Å². The molecule has 18 heavy (non-hydrogen) atoms. The summed E-state index contributed by atoms with van der Waals surface area (Å²) in [6.45, 7) is 5.91. The SMILES string of the molecule is CCOC(=O)C1CCC(NC(=O)C(C)(C)Br)CC1. The monoisotopic (exact) mass is 319 g/mol. The van der Waals surface area contributed by atoms with Crippen molar-refractivity contribution >= 4 is 27.8 Å². The number of hydrogen-bond donors (Lipinski definition) is 1. The van der Waals surface area contributed by atoms with E-state index in [4.69, 9.17) is 4.74 Å². The molecule has 1 rings (SSSR count). The first kappa shape index (κ1) is 15.5. The fourth-order valence-corrected chi connectivity index (χ4v) is 2.21. The van der Waals surface area contributed by atoms with E-state index in [0.29, 0.717) is 6.61 Å². The second kappa shape index (κ2) is 6.55. The van der Waals surface area contributed by atoms with Gasteiger partial charge in [0.1, 0.15) is 0 Å². The maximum absolute atomic E-state index is 11.8. The zero-order valence-corrected chi connectivity index (χ0v) is 12.9. The summed E-state index contributed by atoms with van der Waals surface area (Å²) in [6, 6.07) is 0.181. The Kier molecular flexibility index (Phi) is 5.63. The van der Waals surface area contributed by atoms with Crippen LogP contribution in [0.15, 0.2) is 0 Å². The first-order chi connectivity index (χ1) is 8.34. The van der Waals surface area contributed by atoms with E-state index in [1.54, 1.807) is 0 Å². The third-order valence-electron chi connectivity index (χ3n) is 3.22. The molecule has 0 radical (unpaired) electrons. The Morgan fingerprint density at radius 3 is 2.28 bits per heavy atom. The van der Waals surface area contributed by atoms with Gasteiger partial charge in [0, 0.05) is 6.04 Å². The van der Waals surface area contributed by atoms with E-state index in [9.17, 15) is 9.59 Å². The molecular weight excluding hydrogens is 298 g/mol. The van der Waals surface area contributed by atoms with Crippen molar-refractivity contribution < 1.29 is 14.3 Å². The molecule has 0 aromatic rings. The van der Waals surface area contributed by atoms with Gasteiger partial charge >= 0.3 is 5.97 Å². The number of carbonyl (C=O) groups is 2. The van der Waals surface area contributed by atoms with E-state index >= 15 is 0 Å². The second-order valence-corrected chi connectivity index (χ2v) is 7.23. The normalized spacial score (nSPS) is 24.4. The number of nitrogens with one attached hydrogen (secondary N) is 1. The minimum Gasteiger partial charge on any atom is -0.466 e. The van der Waals surface area contributed by atoms with Gasteiger partial charge in [0.05, 0.1) is 16.8 Å². The minimum atomic E-state index is -0.537. The van der Waals surface area contributed by atoms with Crippen molar-refractivity contribution in [2.24, 2.45) is 5.92 Å². The van der Waals surface area contributed by atoms with E-state index in [1.807, 2.05) is 20.8 Å². The summed E-state index contributed by atoms with van der Waals surface area (Å²) < 4.78 is 4.48. The minimum absolute atomic E-state index is 0.00193. The van der Waals surface area contributed by atoms with E-state index in [0.717, 1.165) is 25.7 Å². The highest BCUT2D eigenvalue weighted by Crippen LogP contribution is 2.26. The molecule has 1 amide bonds. The van der Waals surface area contributed by atoms with Gasteiger partial charge in [-0.2, -0.15) is 0 Å². The molecule has 1 fully saturated rings. The van der Waals surface area contributed by atoms with Gasteiger partial charge in [-0.3, -0.25) is 9.59 Å². The Hall–Kier alpha value is -0.580. The van der Waals surface area contributed by atoms with Crippen LogP contribution in [0.25, 0.3) is 0 Å². The lowest BCUT2D eigenvalue weighted by molar-refractivity contribution is -0.149. The molecule has 0 spiro atoms. The van der Waals surface area contributed by atoms with Crippen molar-refractivity contribution in [3.05, 3.63) is 0 Å². The van der Waals surface area contributed by atoms with Gasteiger partial charge in [-0.05, 0) is 46.5 Å². The maximum atomic E-state index is 11.8. The van der Waals surface area contributed by atoms with E-state index in [2.05, 4.69) is 21.2 Å². The third-order valence-corrected chi connectivity index (χ3v) is 3.58. The molecule has 1 saturated carbocycles. The zero-order chi connectivity index (χ0) is 13.8. The van der Waals surface area contributed by atoms with E-state index in [-0.39, 0.29) is 23.8 Å². The van der Waals surface area contributed by atoms with Crippen LogP contribution in [0.2, 0.25) is 0 Å². The molecule has 0 saturated heterocycles. The summed E-state index contributed by atoms with van der Waals surface area (Å²) >= 11 is 3.34. The predicted octanol–water partition coefficient (Wildman–Crippen LogP) is 2.40. The smallest absolute Gasteiger partial charge is 0.308 e. The first-order valence-electron chi connectivity index (χ1n) is 6.51. The van der Waals surface area contributed by atoms with Crippen LogP contribution in [0.1, 0.15) is 46.5 Å². The van der Waals surface area contributed by atoms with Crippen LogP contribution >= 0.6 is 15.9 Å². The maximum Gasteiger partial charge on any atom is 0.308 e. The van der Waals surface area contributed by atoms with E-state index in [1.165, 1.54) is 0 Å². The average molecular weight is 320 g/mol. The summed E-state index contributed by atoms with van der Waals surface area (Å²) in [5, 5.41) is 3.01. The predicted molar refractivity (Wildman–Crippen MR) is 73.5 cm³/mol. The molecule has 1 N–H and O–H groups in total. The number of esters is 1. The summed E-state index contributed by atoms with van der Waals surface area (Å²) in [5.74, 6) is -0.0831. The highest BCUT2D eigenvalue weighted by Gasteiger charge is 2.30. The molecule has 1 aliphatic carbocycles. The molecule has 0 aliphatic heterocycles. The van der Waals surface area contributed by atoms with Gasteiger partial charge in [0.25, 0.3) is 0 Å². The Bertz CT molecular complexity index is 304. The molecule has 1 aliphatic rings. The molecule has 104 valence electrons. The lowest BCUT2D eigenvalue weighted by atomic mass is 9.86. The quantitative estimate of drug-likeness (QED) is 0.639. The third kappa shape index (κ3) is 4.59. The van der Waals surface area contributed by atoms with Crippen molar-refractivity contribution in [2.45, 2.75) is 56.8 Å². The summed E-state index contributed by atoms with van der Waals surface area (Å²) in [6.07, 6.45) is 3.29. The Morgan fingerprint density at radius 2 is 1.83 bits per heavy atom. The number of alkyl halides is 1. The number of carbonyl (C=O) groups excluding carboxylic acids is 2. The number of halogens is 1. The highest BCUT2D eigenvalue weighted by atomic mass is 79.9. The van der Waals surface area contributed by atoms with Crippen LogP contribution in [0.3, 0.4) is 0 Å². The molecule has 0 aromatic carbocycles. The number of amides is 1. The average Bonchev–Trinajstić information content (AvgIpc) is 2.29. The summed E-state index contributed by atoms with van der Waals surface area (Å²) in [5.41, 5.74) is 0. The zero-order valence-electron chi connectivity index (χ0n) is 11.3. The molecule has 0 unspecified atom stereocenters. The molecular formula is C13H22BrNO3. The van der Waals surface area contributed by atoms with Gasteiger partial charge in [-0.1, -0.05) is 15.9 Å². The van der Waals surface area contributed by atoms with Crippen LogP contribution in [0.5, 0.6) is 0 Å². The number of ether oxygens (including phenoxy) is 1. The molecule has 0 aromatic heterocycles. The largest absolute Gasteiger partial charge is 0.466 e. The van der Waals surface area contributed by atoms with Crippen molar-refractivity contribution in [1.29, 1.82) is 0 Å². The standard InChI is InChI=1S/C13H22BrNO3/c1-4-18-11(16)9-5-7-10(8-6-9)15-12(17)13(2,3)14/h9-10H,4-8H2,1-3H3,(H,15,17). The highest BCUT2D eigenvalue weighted by molar-refractivity contribution is 9.10. The first-order valence-corrected chi connectivity index (χ1v) is 7.30. The van der Waals surface area contributed by atoms with Crippen LogP contribution in [-0.2, 0) is 14.3 Å². The molecule has 0 atom stereocenters.